The number of alkyl halides is 1. The van der Waals surface area contributed by atoms with Crippen molar-refractivity contribution in [1.29, 1.82) is 0 Å². The molecule has 0 aliphatic rings. The Morgan fingerprint density at radius 1 is 1.29 bits per heavy atom. The van der Waals surface area contributed by atoms with Crippen LogP contribution in [0.4, 0.5) is 0 Å². The quantitative estimate of drug-likeness (QED) is 0.757. The lowest BCUT2D eigenvalue weighted by Crippen LogP contribution is -2.32. The first-order valence-electron chi connectivity index (χ1n) is 5.34. The van der Waals surface area contributed by atoms with E-state index in [0.717, 1.165) is 0 Å². The largest absolute Gasteiger partial charge is 0.244 e. The summed E-state index contributed by atoms with van der Waals surface area (Å²) in [7, 11) is -3.51. The van der Waals surface area contributed by atoms with E-state index in [2.05, 4.69) is 0 Å². The van der Waals surface area contributed by atoms with Gasteiger partial charge in [-0.1, -0.05) is 30.7 Å². The Morgan fingerprint density at radius 2 is 1.94 bits per heavy atom. The first-order chi connectivity index (χ1) is 8.04. The molecule has 0 atom stereocenters. The second-order valence-electron chi connectivity index (χ2n) is 3.47. The number of hydrogen-bond acceptors (Lipinski definition) is 2. The van der Waals surface area contributed by atoms with Gasteiger partial charge in [-0.25, -0.2) is 8.42 Å². The van der Waals surface area contributed by atoms with Gasteiger partial charge >= 0.3 is 0 Å². The van der Waals surface area contributed by atoms with E-state index in [0.29, 0.717) is 25.4 Å². The third-order valence-corrected chi connectivity index (χ3v) is 5.09. The van der Waals surface area contributed by atoms with Gasteiger partial charge in [0.1, 0.15) is 4.90 Å². The highest BCUT2D eigenvalue weighted by molar-refractivity contribution is 7.89. The smallest absolute Gasteiger partial charge is 0.207 e. The van der Waals surface area contributed by atoms with Gasteiger partial charge in [0.15, 0.2) is 0 Å². The van der Waals surface area contributed by atoms with Crippen LogP contribution < -0.4 is 0 Å². The predicted molar refractivity (Wildman–Crippen MR) is 71.2 cm³/mol. The highest BCUT2D eigenvalue weighted by Crippen LogP contribution is 2.24. The molecule has 0 aliphatic heterocycles. The molecule has 6 heteroatoms. The second-order valence-corrected chi connectivity index (χ2v) is 6.16. The van der Waals surface area contributed by atoms with E-state index in [1.165, 1.54) is 10.4 Å². The van der Waals surface area contributed by atoms with Crippen LogP contribution in [0.5, 0.6) is 0 Å². The second kappa shape index (κ2) is 6.59. The summed E-state index contributed by atoms with van der Waals surface area (Å²) < 4.78 is 26.0. The van der Waals surface area contributed by atoms with Crippen LogP contribution in [0.15, 0.2) is 29.2 Å². The van der Waals surface area contributed by atoms with Gasteiger partial charge in [-0.05, 0) is 18.6 Å². The van der Waals surface area contributed by atoms with Crippen LogP contribution in [0.25, 0.3) is 0 Å². The van der Waals surface area contributed by atoms with Crippen molar-refractivity contribution in [3.63, 3.8) is 0 Å². The number of benzene rings is 1. The normalized spacial score (nSPS) is 12.0. The number of sulfonamides is 1. The molecule has 0 amide bonds. The van der Waals surface area contributed by atoms with Crippen molar-refractivity contribution in [2.75, 3.05) is 19.0 Å². The summed E-state index contributed by atoms with van der Waals surface area (Å²) in [6.45, 7) is 2.61. The molecule has 0 saturated heterocycles. The lowest BCUT2D eigenvalue weighted by molar-refractivity contribution is 0.428. The Kier molecular flexibility index (Phi) is 5.73. The van der Waals surface area contributed by atoms with Gasteiger partial charge in [-0.15, -0.1) is 11.6 Å². The molecule has 0 spiro atoms. The maximum Gasteiger partial charge on any atom is 0.244 e. The molecule has 1 rings (SSSR count). The van der Waals surface area contributed by atoms with Crippen molar-refractivity contribution in [3.05, 3.63) is 29.3 Å². The molecule has 1 aromatic rings. The molecule has 17 heavy (non-hydrogen) atoms. The Balaban J connectivity index is 3.05. The zero-order valence-corrected chi connectivity index (χ0v) is 11.9. The first kappa shape index (κ1) is 14.8. The van der Waals surface area contributed by atoms with Gasteiger partial charge in [0.05, 0.1) is 5.02 Å². The van der Waals surface area contributed by atoms with Crippen LogP contribution in [0.2, 0.25) is 5.02 Å². The summed E-state index contributed by atoms with van der Waals surface area (Å²) in [4.78, 5) is 0.151. The zero-order chi connectivity index (χ0) is 12.9. The topological polar surface area (TPSA) is 37.4 Å². The number of nitrogens with zero attached hydrogens (tertiary/aromatic N) is 1. The molecule has 0 fully saturated rings. The maximum absolute atomic E-state index is 12.3. The average molecular weight is 296 g/mol. The molecule has 0 radical (unpaired) electrons. The van der Waals surface area contributed by atoms with Gasteiger partial charge in [-0.2, -0.15) is 4.31 Å². The third kappa shape index (κ3) is 3.58. The molecule has 0 N–H and O–H groups in total. The Morgan fingerprint density at radius 3 is 2.47 bits per heavy atom. The van der Waals surface area contributed by atoms with Gasteiger partial charge in [0.2, 0.25) is 10.0 Å². The van der Waals surface area contributed by atoms with E-state index in [1.807, 2.05) is 0 Å². The van der Waals surface area contributed by atoms with Gasteiger partial charge in [0, 0.05) is 19.0 Å². The molecular formula is C11H15Cl2NO2S. The van der Waals surface area contributed by atoms with E-state index in [1.54, 1.807) is 25.1 Å². The zero-order valence-electron chi connectivity index (χ0n) is 9.57. The minimum atomic E-state index is -3.51. The summed E-state index contributed by atoms with van der Waals surface area (Å²) >= 11 is 11.5. The van der Waals surface area contributed by atoms with Crippen LogP contribution in [0.3, 0.4) is 0 Å². The monoisotopic (exact) mass is 295 g/mol. The van der Waals surface area contributed by atoms with E-state index < -0.39 is 10.0 Å². The van der Waals surface area contributed by atoms with Crippen molar-refractivity contribution < 1.29 is 8.42 Å². The van der Waals surface area contributed by atoms with Crippen molar-refractivity contribution in [2.24, 2.45) is 0 Å². The lowest BCUT2D eigenvalue weighted by Gasteiger charge is -2.20. The molecule has 0 bridgehead atoms. The van der Waals surface area contributed by atoms with Gasteiger partial charge in [0.25, 0.3) is 0 Å². The molecule has 96 valence electrons. The van der Waals surface area contributed by atoms with Crippen molar-refractivity contribution >= 4 is 33.2 Å². The Labute approximate surface area is 112 Å². The fraction of sp³-hybridized carbons (Fsp3) is 0.455. The third-order valence-electron chi connectivity index (χ3n) is 2.35. The molecule has 0 unspecified atom stereocenters. The Hall–Kier alpha value is -0.290. The fourth-order valence-electron chi connectivity index (χ4n) is 1.48. The minimum Gasteiger partial charge on any atom is -0.207 e. The van der Waals surface area contributed by atoms with Crippen molar-refractivity contribution in [1.82, 2.24) is 4.31 Å². The molecule has 0 saturated carbocycles. The summed E-state index contributed by atoms with van der Waals surface area (Å²) in [6, 6.07) is 6.45. The van der Waals surface area contributed by atoms with Gasteiger partial charge < -0.3 is 0 Å². The van der Waals surface area contributed by atoms with E-state index in [4.69, 9.17) is 23.2 Å². The molecule has 0 heterocycles. The van der Waals surface area contributed by atoms with Crippen molar-refractivity contribution in [3.8, 4) is 0 Å². The van der Waals surface area contributed by atoms with Crippen LogP contribution in [-0.4, -0.2) is 31.7 Å². The SMILES string of the molecule is CCN(CCCCl)S(=O)(=O)c1ccccc1Cl. The van der Waals surface area contributed by atoms with Crippen molar-refractivity contribution in [2.45, 2.75) is 18.2 Å². The molecule has 0 aromatic heterocycles. The maximum atomic E-state index is 12.3. The van der Waals surface area contributed by atoms with E-state index in [-0.39, 0.29) is 9.92 Å². The summed E-state index contributed by atoms with van der Waals surface area (Å²) in [5.74, 6) is 0.439. The summed E-state index contributed by atoms with van der Waals surface area (Å²) in [5, 5.41) is 0.247. The highest BCUT2D eigenvalue weighted by atomic mass is 35.5. The highest BCUT2D eigenvalue weighted by Gasteiger charge is 2.24. The number of rotatable bonds is 6. The first-order valence-corrected chi connectivity index (χ1v) is 7.70. The molecular weight excluding hydrogens is 281 g/mol. The van der Waals surface area contributed by atoms with Crippen LogP contribution in [-0.2, 0) is 10.0 Å². The fourth-order valence-corrected chi connectivity index (χ4v) is 3.58. The van der Waals surface area contributed by atoms with Crippen LogP contribution in [0, 0.1) is 0 Å². The van der Waals surface area contributed by atoms with Crippen LogP contribution in [0.1, 0.15) is 13.3 Å². The summed E-state index contributed by atoms with van der Waals surface area (Å²) in [6.07, 6.45) is 0.624. The predicted octanol–water partition coefficient (Wildman–Crippen LogP) is 2.98. The number of halogens is 2. The molecule has 0 aliphatic carbocycles. The molecule has 1 aromatic carbocycles. The standard InChI is InChI=1S/C11H15Cl2NO2S/c1-2-14(9-5-8-12)17(15,16)11-7-4-3-6-10(11)13/h3-4,6-7H,2,5,8-9H2,1H3. The average Bonchev–Trinajstić information content (AvgIpc) is 2.30. The minimum absolute atomic E-state index is 0.151. The lowest BCUT2D eigenvalue weighted by atomic mass is 10.4. The van der Waals surface area contributed by atoms with Crippen LogP contribution >= 0.6 is 23.2 Å². The van der Waals surface area contributed by atoms with Gasteiger partial charge in [-0.3, -0.25) is 0 Å². The van der Waals surface area contributed by atoms with E-state index in [9.17, 15) is 8.42 Å². The molecule has 3 nitrogen and oxygen atoms in total. The van der Waals surface area contributed by atoms with E-state index >= 15 is 0 Å². The summed E-state index contributed by atoms with van der Waals surface area (Å²) in [5.41, 5.74) is 0. The number of hydrogen-bond donors (Lipinski definition) is 0. The Bertz CT molecular complexity index is 462.